The van der Waals surface area contributed by atoms with Gasteiger partial charge in [0.1, 0.15) is 0 Å². The van der Waals surface area contributed by atoms with Gasteiger partial charge in [-0.05, 0) is 18.2 Å². The molecule has 0 atom stereocenters. The van der Waals surface area contributed by atoms with Crippen molar-refractivity contribution in [2.24, 2.45) is 0 Å². The molecule has 0 aliphatic carbocycles. The lowest BCUT2D eigenvalue weighted by molar-refractivity contribution is -0.159. The van der Waals surface area contributed by atoms with Crippen LogP contribution in [-0.4, -0.2) is 84.4 Å². The molecule has 10 heteroatoms. The number of hydrogen-bond donors (Lipinski definition) is 2. The number of aromatic nitrogens is 1. The molecule has 1 aliphatic heterocycles. The first kappa shape index (κ1) is 24.9. The van der Waals surface area contributed by atoms with Crippen molar-refractivity contribution < 1.29 is 34.0 Å². The van der Waals surface area contributed by atoms with Gasteiger partial charge in [-0.3, -0.25) is 14.8 Å². The molecule has 2 aromatic rings. The number of carbonyl (C=O) groups is 2. The summed E-state index contributed by atoms with van der Waals surface area (Å²) in [5, 5.41) is 14.8. The molecule has 1 aromatic carbocycles. The summed E-state index contributed by atoms with van der Waals surface area (Å²) in [6, 6.07) is 10.1. The molecule has 174 valence electrons. The van der Waals surface area contributed by atoms with Crippen LogP contribution >= 0.6 is 0 Å². The normalized spacial score (nSPS) is 14.1. The molecule has 0 amide bonds. The van der Waals surface area contributed by atoms with Crippen molar-refractivity contribution >= 4 is 11.9 Å². The number of pyridine rings is 1. The summed E-state index contributed by atoms with van der Waals surface area (Å²) in [7, 11) is 4.95. The van der Waals surface area contributed by atoms with Gasteiger partial charge in [0.05, 0.1) is 27.0 Å². The average Bonchev–Trinajstić information content (AvgIpc) is 2.81. The number of methoxy groups -OCH3 is 3. The molecule has 1 fully saturated rings. The first-order chi connectivity index (χ1) is 15.4. The second-order valence-electron chi connectivity index (χ2n) is 6.98. The van der Waals surface area contributed by atoms with E-state index in [0.29, 0.717) is 11.5 Å². The Labute approximate surface area is 186 Å². The zero-order valence-electron chi connectivity index (χ0n) is 18.5. The zero-order valence-corrected chi connectivity index (χ0v) is 18.5. The van der Waals surface area contributed by atoms with Gasteiger partial charge in [0, 0.05) is 51.0 Å². The Morgan fingerprint density at radius 1 is 0.844 bits per heavy atom. The van der Waals surface area contributed by atoms with Gasteiger partial charge in [0.15, 0.2) is 11.5 Å². The summed E-state index contributed by atoms with van der Waals surface area (Å²) in [6.45, 7) is 5.85. The molecule has 0 bridgehead atoms. The van der Waals surface area contributed by atoms with Crippen LogP contribution in [0.15, 0.2) is 36.5 Å². The highest BCUT2D eigenvalue weighted by molar-refractivity contribution is 6.27. The number of piperazine rings is 1. The molecule has 2 N–H and O–H groups in total. The van der Waals surface area contributed by atoms with E-state index in [1.54, 1.807) is 21.3 Å². The van der Waals surface area contributed by atoms with E-state index in [9.17, 15) is 0 Å². The quantitative estimate of drug-likeness (QED) is 0.605. The van der Waals surface area contributed by atoms with E-state index in [0.717, 1.165) is 56.3 Å². The Hall–Kier alpha value is -3.37. The Morgan fingerprint density at radius 3 is 1.91 bits per heavy atom. The van der Waals surface area contributed by atoms with Crippen LogP contribution in [0.2, 0.25) is 0 Å². The van der Waals surface area contributed by atoms with Gasteiger partial charge in [0.2, 0.25) is 5.75 Å². The molecule has 0 spiro atoms. The van der Waals surface area contributed by atoms with E-state index in [1.807, 2.05) is 24.4 Å². The number of carboxylic acid groups (broad SMARTS) is 2. The highest BCUT2D eigenvalue weighted by Gasteiger charge is 2.21. The van der Waals surface area contributed by atoms with E-state index in [2.05, 4.69) is 26.9 Å². The van der Waals surface area contributed by atoms with Gasteiger partial charge < -0.3 is 24.4 Å². The van der Waals surface area contributed by atoms with E-state index in [1.165, 1.54) is 0 Å². The third-order valence-corrected chi connectivity index (χ3v) is 4.94. The number of ether oxygens (including phenoxy) is 3. The Kier molecular flexibility index (Phi) is 9.71. The predicted molar refractivity (Wildman–Crippen MR) is 116 cm³/mol. The molecular formula is C22H29N3O7. The summed E-state index contributed by atoms with van der Waals surface area (Å²) in [4.78, 5) is 27.5. The second kappa shape index (κ2) is 12.5. The van der Waals surface area contributed by atoms with E-state index in [4.69, 9.17) is 34.0 Å². The predicted octanol–water partition coefficient (Wildman–Crippen LogP) is 1.58. The smallest absolute Gasteiger partial charge is 0.414 e. The maximum atomic E-state index is 9.10. The van der Waals surface area contributed by atoms with Crippen LogP contribution in [0.4, 0.5) is 0 Å². The summed E-state index contributed by atoms with van der Waals surface area (Å²) < 4.78 is 16.5. The maximum absolute atomic E-state index is 9.10. The van der Waals surface area contributed by atoms with Crippen molar-refractivity contribution in [3.05, 3.63) is 47.8 Å². The standard InChI is InChI=1S/C20H27N3O3.C2H2O4/c1-24-18-8-7-16(19(25-2)20(18)26-3)14-22-10-12-23(13-11-22)15-17-6-4-5-9-21-17;3-1(4)2(5)6/h4-9H,10-15H2,1-3H3;(H,3,4)(H,5,6). The highest BCUT2D eigenvalue weighted by Crippen LogP contribution is 2.40. The van der Waals surface area contributed by atoms with Crippen molar-refractivity contribution in [1.82, 2.24) is 14.8 Å². The van der Waals surface area contributed by atoms with Crippen molar-refractivity contribution in [3.63, 3.8) is 0 Å². The lowest BCUT2D eigenvalue weighted by atomic mass is 10.1. The fourth-order valence-electron chi connectivity index (χ4n) is 3.35. The second-order valence-corrected chi connectivity index (χ2v) is 6.98. The third kappa shape index (κ3) is 7.10. The van der Waals surface area contributed by atoms with Crippen LogP contribution in [-0.2, 0) is 22.7 Å². The fourth-order valence-corrected chi connectivity index (χ4v) is 3.35. The van der Waals surface area contributed by atoms with Crippen molar-refractivity contribution in [2.45, 2.75) is 13.1 Å². The van der Waals surface area contributed by atoms with Gasteiger partial charge in [-0.15, -0.1) is 0 Å². The maximum Gasteiger partial charge on any atom is 0.414 e. The number of benzene rings is 1. The van der Waals surface area contributed by atoms with E-state index >= 15 is 0 Å². The minimum atomic E-state index is -1.82. The Balaban J connectivity index is 0.000000534. The molecule has 3 rings (SSSR count). The molecule has 1 aromatic heterocycles. The highest BCUT2D eigenvalue weighted by atomic mass is 16.5. The van der Waals surface area contributed by atoms with Crippen LogP contribution in [0, 0.1) is 0 Å². The van der Waals surface area contributed by atoms with Crippen LogP contribution in [0.3, 0.4) is 0 Å². The zero-order chi connectivity index (χ0) is 23.5. The van der Waals surface area contributed by atoms with Gasteiger partial charge >= 0.3 is 11.9 Å². The third-order valence-electron chi connectivity index (χ3n) is 4.94. The summed E-state index contributed by atoms with van der Waals surface area (Å²) >= 11 is 0. The van der Waals surface area contributed by atoms with Crippen LogP contribution in [0.25, 0.3) is 0 Å². The van der Waals surface area contributed by atoms with Crippen molar-refractivity contribution in [3.8, 4) is 17.2 Å². The SMILES string of the molecule is COc1ccc(CN2CCN(Cc3ccccn3)CC2)c(OC)c1OC.O=C(O)C(=O)O. The van der Waals surface area contributed by atoms with Gasteiger partial charge in [-0.1, -0.05) is 12.1 Å². The Morgan fingerprint density at radius 2 is 1.44 bits per heavy atom. The minimum Gasteiger partial charge on any atom is -0.493 e. The number of nitrogens with zero attached hydrogens (tertiary/aromatic N) is 3. The number of rotatable bonds is 7. The molecule has 1 saturated heterocycles. The number of aliphatic carboxylic acids is 2. The largest absolute Gasteiger partial charge is 0.493 e. The molecular weight excluding hydrogens is 418 g/mol. The van der Waals surface area contributed by atoms with E-state index in [-0.39, 0.29) is 0 Å². The average molecular weight is 447 g/mol. The number of carboxylic acids is 2. The molecule has 0 unspecified atom stereocenters. The monoisotopic (exact) mass is 447 g/mol. The number of hydrogen-bond acceptors (Lipinski definition) is 8. The van der Waals surface area contributed by atoms with Crippen LogP contribution in [0.5, 0.6) is 17.2 Å². The molecule has 0 radical (unpaired) electrons. The fraction of sp³-hybridized carbons (Fsp3) is 0.409. The summed E-state index contributed by atoms with van der Waals surface area (Å²) in [6.07, 6.45) is 1.86. The molecule has 2 heterocycles. The lowest BCUT2D eigenvalue weighted by Gasteiger charge is -2.34. The van der Waals surface area contributed by atoms with Gasteiger partial charge in [0.25, 0.3) is 0 Å². The van der Waals surface area contributed by atoms with Crippen LogP contribution < -0.4 is 14.2 Å². The van der Waals surface area contributed by atoms with Crippen molar-refractivity contribution in [1.29, 1.82) is 0 Å². The molecule has 10 nitrogen and oxygen atoms in total. The molecule has 1 aliphatic rings. The van der Waals surface area contributed by atoms with Gasteiger partial charge in [-0.2, -0.15) is 0 Å². The Bertz CT molecular complexity index is 873. The first-order valence-corrected chi connectivity index (χ1v) is 9.98. The molecule has 32 heavy (non-hydrogen) atoms. The topological polar surface area (TPSA) is 122 Å². The lowest BCUT2D eigenvalue weighted by Crippen LogP contribution is -2.45. The van der Waals surface area contributed by atoms with E-state index < -0.39 is 11.9 Å². The molecule has 0 saturated carbocycles. The minimum absolute atomic E-state index is 0.654. The summed E-state index contributed by atoms with van der Waals surface area (Å²) in [5.41, 5.74) is 2.24. The van der Waals surface area contributed by atoms with Crippen LogP contribution in [0.1, 0.15) is 11.3 Å². The van der Waals surface area contributed by atoms with Gasteiger partial charge in [-0.25, -0.2) is 9.59 Å². The summed E-state index contributed by atoms with van der Waals surface area (Å²) in [5.74, 6) is -1.55. The first-order valence-electron chi connectivity index (χ1n) is 9.98. The van der Waals surface area contributed by atoms with Crippen molar-refractivity contribution in [2.75, 3.05) is 47.5 Å².